The fourth-order valence-corrected chi connectivity index (χ4v) is 2.86. The van der Waals surface area contributed by atoms with Gasteiger partial charge in [-0.05, 0) is 6.92 Å². The predicted octanol–water partition coefficient (Wildman–Crippen LogP) is -2.26. The van der Waals surface area contributed by atoms with Crippen LogP contribution in [0.1, 0.15) is 6.92 Å². The molecule has 0 aromatic carbocycles. The number of carbonyl (C=O) groups is 2. The maximum atomic E-state index is 11.7. The van der Waals surface area contributed by atoms with Gasteiger partial charge in [0, 0.05) is 16.6 Å². The number of likely N-dealkylation sites (tertiary alicyclic amines) is 1. The van der Waals surface area contributed by atoms with Crippen molar-refractivity contribution in [2.24, 2.45) is 5.73 Å². The van der Waals surface area contributed by atoms with Crippen molar-refractivity contribution in [2.45, 2.75) is 18.6 Å². The van der Waals surface area contributed by atoms with Gasteiger partial charge in [0.25, 0.3) is 0 Å². The first kappa shape index (κ1) is 17.1. The molecule has 0 bridgehead atoms. The van der Waals surface area contributed by atoms with Crippen LogP contribution >= 0.6 is 0 Å². The summed E-state index contributed by atoms with van der Waals surface area (Å²) in [6.07, 6.45) is 0. The molecular formula is C9H14N4O7S. The molecule has 2 atom stereocenters. The lowest BCUT2D eigenvalue weighted by atomic mass is 10.0. The summed E-state index contributed by atoms with van der Waals surface area (Å²) in [5, 5.41) is 21.3. The van der Waals surface area contributed by atoms with E-state index in [1.807, 2.05) is 0 Å². The minimum absolute atomic E-state index is 0.204. The quantitative estimate of drug-likeness (QED) is 0.311. The summed E-state index contributed by atoms with van der Waals surface area (Å²) >= 11 is 0. The summed E-state index contributed by atoms with van der Waals surface area (Å²) in [5.41, 5.74) is 3.01. The number of hydrogen-bond donors (Lipinski definition) is 1. The van der Waals surface area contributed by atoms with E-state index < -0.39 is 57.1 Å². The zero-order valence-corrected chi connectivity index (χ0v) is 11.9. The van der Waals surface area contributed by atoms with Crippen LogP contribution in [-0.2, 0) is 20.4 Å². The molecule has 1 aliphatic heterocycles. The maximum absolute atomic E-state index is 11.7. The van der Waals surface area contributed by atoms with Crippen molar-refractivity contribution in [2.75, 3.05) is 24.6 Å². The van der Waals surface area contributed by atoms with Crippen molar-refractivity contribution < 1.29 is 23.6 Å². The topological polar surface area (TPSA) is 167 Å². The Kier molecular flexibility index (Phi) is 5.06. The van der Waals surface area contributed by atoms with Crippen molar-refractivity contribution in [3.05, 3.63) is 20.2 Å². The van der Waals surface area contributed by atoms with Crippen molar-refractivity contribution in [1.82, 2.24) is 4.90 Å². The zero-order valence-electron chi connectivity index (χ0n) is 11.1. The van der Waals surface area contributed by atoms with Gasteiger partial charge in [0.15, 0.2) is 13.1 Å². The Hall–Kier alpha value is -1.95. The second-order valence-corrected chi connectivity index (χ2v) is 6.22. The first-order valence-electron chi connectivity index (χ1n) is 5.78. The minimum atomic E-state index is -2.38. The molecule has 1 aliphatic rings. The number of ketones is 1. The monoisotopic (exact) mass is 322 g/mol. The second kappa shape index (κ2) is 6.22. The molecule has 0 spiro atoms. The van der Waals surface area contributed by atoms with E-state index in [4.69, 9.17) is 5.73 Å². The summed E-state index contributed by atoms with van der Waals surface area (Å²) < 4.78 is 11.6. The van der Waals surface area contributed by atoms with Gasteiger partial charge in [-0.15, -0.1) is 0 Å². The van der Waals surface area contributed by atoms with Crippen LogP contribution in [0.3, 0.4) is 0 Å². The molecule has 1 saturated heterocycles. The third kappa shape index (κ3) is 3.58. The van der Waals surface area contributed by atoms with Gasteiger partial charge in [0.1, 0.15) is 21.4 Å². The van der Waals surface area contributed by atoms with Crippen molar-refractivity contribution in [3.8, 4) is 0 Å². The summed E-state index contributed by atoms with van der Waals surface area (Å²) in [6.45, 7) is -0.106. The fraction of sp³-hybridized carbons (Fsp3) is 0.778. The molecule has 0 radical (unpaired) electrons. The Bertz CT molecular complexity index is 500. The Morgan fingerprint density at radius 1 is 1.33 bits per heavy atom. The van der Waals surface area contributed by atoms with Gasteiger partial charge in [0.2, 0.25) is 5.91 Å². The van der Waals surface area contributed by atoms with Gasteiger partial charge in [-0.2, -0.15) is 0 Å². The van der Waals surface area contributed by atoms with Crippen LogP contribution in [0, 0.1) is 20.2 Å². The lowest BCUT2D eigenvalue weighted by Crippen LogP contribution is -2.71. The van der Waals surface area contributed by atoms with Crippen molar-refractivity contribution in [3.63, 3.8) is 0 Å². The minimum Gasteiger partial charge on any atom is -0.321 e. The second-order valence-electron chi connectivity index (χ2n) is 4.71. The highest BCUT2D eigenvalue weighted by atomic mass is 32.2. The van der Waals surface area contributed by atoms with Gasteiger partial charge in [-0.3, -0.25) is 34.0 Å². The Morgan fingerprint density at radius 3 is 2.19 bits per heavy atom. The number of nitrogens with zero attached hydrogens (tertiary/aromatic N) is 3. The summed E-state index contributed by atoms with van der Waals surface area (Å²) in [5.74, 6) is -1.76. The molecule has 1 rings (SSSR count). The van der Waals surface area contributed by atoms with E-state index in [1.165, 1.54) is 6.92 Å². The maximum Gasteiger partial charge on any atom is 0.492 e. The molecule has 0 aromatic heterocycles. The molecule has 12 heteroatoms. The van der Waals surface area contributed by atoms with Crippen LogP contribution in [0.25, 0.3) is 0 Å². The average molecular weight is 322 g/mol. The average Bonchev–Trinajstić information content (AvgIpc) is 2.25. The van der Waals surface area contributed by atoms with E-state index in [0.717, 1.165) is 4.90 Å². The van der Waals surface area contributed by atoms with Crippen LogP contribution in [0.2, 0.25) is 0 Å². The molecular weight excluding hydrogens is 308 g/mol. The predicted molar refractivity (Wildman–Crippen MR) is 69.8 cm³/mol. The van der Waals surface area contributed by atoms with Gasteiger partial charge < -0.3 is 10.6 Å². The Morgan fingerprint density at radius 2 is 1.81 bits per heavy atom. The fourth-order valence-electron chi connectivity index (χ4n) is 1.64. The normalized spacial score (nSPS) is 19.2. The van der Waals surface area contributed by atoms with Gasteiger partial charge in [-0.25, -0.2) is 0 Å². The van der Waals surface area contributed by atoms with Crippen LogP contribution in [-0.4, -0.2) is 66.9 Å². The summed E-state index contributed by atoms with van der Waals surface area (Å²) in [7, 11) is -1.71. The van der Waals surface area contributed by atoms with E-state index in [2.05, 4.69) is 0 Å². The highest BCUT2D eigenvalue weighted by Crippen LogP contribution is 2.25. The number of Topliss-reactive ketones (excluding diaryl/α,β-unsaturated/α-hetero) is 1. The molecule has 1 fully saturated rings. The molecule has 1 heterocycles. The zero-order chi connectivity index (χ0) is 16.4. The number of amides is 1. The molecule has 11 nitrogen and oxygen atoms in total. The third-order valence-electron chi connectivity index (χ3n) is 3.09. The first-order valence-corrected chi connectivity index (χ1v) is 7.26. The standard InChI is InChI=1S/C9H14N4O7S/c1-6(14)7(10)2-21(20)3-8(15)11-4-9(5-11,12(16)17)13(18)19/h7H,2-5,10H2,1H3/t7-,21?/m0/s1. The van der Waals surface area contributed by atoms with E-state index in [1.54, 1.807) is 0 Å². The summed E-state index contributed by atoms with van der Waals surface area (Å²) in [6, 6.07) is -0.952. The highest BCUT2D eigenvalue weighted by Gasteiger charge is 2.67. The third-order valence-corrected chi connectivity index (χ3v) is 4.39. The Balaban J connectivity index is 2.53. The molecule has 1 amide bonds. The van der Waals surface area contributed by atoms with Gasteiger partial charge in [0.05, 0.1) is 6.04 Å². The van der Waals surface area contributed by atoms with Gasteiger partial charge in [-0.1, -0.05) is 0 Å². The molecule has 118 valence electrons. The number of hydrogen-bond acceptors (Lipinski definition) is 8. The lowest BCUT2D eigenvalue weighted by molar-refractivity contribution is -0.809. The highest BCUT2D eigenvalue weighted by molar-refractivity contribution is 7.85. The van der Waals surface area contributed by atoms with Crippen molar-refractivity contribution >= 4 is 22.5 Å². The number of nitrogens with two attached hydrogens (primary N) is 1. The lowest BCUT2D eigenvalue weighted by Gasteiger charge is -2.35. The largest absolute Gasteiger partial charge is 0.492 e. The molecule has 21 heavy (non-hydrogen) atoms. The number of rotatable bonds is 7. The van der Waals surface area contributed by atoms with E-state index >= 15 is 0 Å². The van der Waals surface area contributed by atoms with Crippen LogP contribution < -0.4 is 5.73 Å². The molecule has 1 unspecified atom stereocenters. The number of nitro groups is 2. The van der Waals surface area contributed by atoms with Crippen LogP contribution in [0.15, 0.2) is 0 Å². The van der Waals surface area contributed by atoms with Gasteiger partial charge >= 0.3 is 5.66 Å². The van der Waals surface area contributed by atoms with E-state index in [-0.39, 0.29) is 11.5 Å². The molecule has 0 aliphatic carbocycles. The first-order chi connectivity index (χ1) is 9.60. The SMILES string of the molecule is CC(=O)[C@@H](N)CS(=O)CC(=O)N1CC([N+](=O)[O-])([N+](=O)[O-])C1. The van der Waals surface area contributed by atoms with E-state index in [9.17, 15) is 34.0 Å². The van der Waals surface area contributed by atoms with Crippen LogP contribution in [0.5, 0.6) is 0 Å². The smallest absolute Gasteiger partial charge is 0.321 e. The van der Waals surface area contributed by atoms with E-state index in [0.29, 0.717) is 0 Å². The Labute approximate surface area is 121 Å². The molecule has 0 aromatic rings. The van der Waals surface area contributed by atoms with Crippen molar-refractivity contribution in [1.29, 1.82) is 0 Å². The number of carbonyl (C=O) groups excluding carboxylic acids is 2. The summed E-state index contributed by atoms with van der Waals surface area (Å²) in [4.78, 5) is 42.7. The van der Waals surface area contributed by atoms with Crippen LogP contribution in [0.4, 0.5) is 0 Å². The molecule has 2 N–H and O–H groups in total. The molecule has 0 saturated carbocycles.